The predicted octanol–water partition coefficient (Wildman–Crippen LogP) is 2.36. The van der Waals surface area contributed by atoms with Gasteiger partial charge >= 0.3 is 0 Å². The fourth-order valence-electron chi connectivity index (χ4n) is 2.22. The van der Waals surface area contributed by atoms with E-state index >= 15 is 0 Å². The van der Waals surface area contributed by atoms with Crippen LogP contribution in [0, 0.1) is 0 Å². The molecule has 1 N–H and O–H groups in total. The van der Waals surface area contributed by atoms with Crippen molar-refractivity contribution in [1.29, 1.82) is 0 Å². The molecule has 1 aliphatic rings. The number of nitrogens with one attached hydrogen (secondary N) is 1. The molecule has 1 atom stereocenters. The first-order valence-electron chi connectivity index (χ1n) is 6.79. The highest BCUT2D eigenvalue weighted by atomic mass is 16.5. The summed E-state index contributed by atoms with van der Waals surface area (Å²) in [6.45, 7) is 7.24. The molecule has 0 aromatic heterocycles. The Labute approximate surface area is 115 Å². The number of hydrogen-bond acceptors (Lipinski definition) is 4. The largest absolute Gasteiger partial charge is 0.493 e. The topological polar surface area (TPSA) is 39.7 Å². The molecule has 1 aromatic rings. The summed E-state index contributed by atoms with van der Waals surface area (Å²) < 4.78 is 16.3. The van der Waals surface area contributed by atoms with E-state index < -0.39 is 0 Å². The van der Waals surface area contributed by atoms with Crippen molar-refractivity contribution in [2.24, 2.45) is 0 Å². The van der Waals surface area contributed by atoms with E-state index in [1.165, 1.54) is 5.56 Å². The molecule has 0 aliphatic carbocycles. The number of benzene rings is 1. The standard InChI is InChI=1S/C15H23NO3/c1-4-19-14-9-12(5-6-13(14)17-3)10-16-15(2)7-8-18-11-15/h5-6,9,16H,4,7-8,10-11H2,1-3H3. The number of rotatable bonds is 6. The maximum Gasteiger partial charge on any atom is 0.161 e. The van der Waals surface area contributed by atoms with E-state index in [0.717, 1.165) is 37.7 Å². The van der Waals surface area contributed by atoms with Crippen LogP contribution >= 0.6 is 0 Å². The predicted molar refractivity (Wildman–Crippen MR) is 74.8 cm³/mol. The van der Waals surface area contributed by atoms with Gasteiger partial charge in [-0.05, 0) is 38.0 Å². The SMILES string of the molecule is CCOc1cc(CNC2(C)CCOC2)ccc1OC. The van der Waals surface area contributed by atoms with Gasteiger partial charge < -0.3 is 19.5 Å². The third-order valence-electron chi connectivity index (χ3n) is 3.47. The fourth-order valence-corrected chi connectivity index (χ4v) is 2.22. The van der Waals surface area contributed by atoms with Crippen LogP contribution in [0.2, 0.25) is 0 Å². The molecule has 1 aromatic carbocycles. The third kappa shape index (κ3) is 3.61. The molecule has 1 unspecified atom stereocenters. The second kappa shape index (κ2) is 6.26. The van der Waals surface area contributed by atoms with Crippen molar-refractivity contribution in [2.45, 2.75) is 32.4 Å². The van der Waals surface area contributed by atoms with Crippen LogP contribution < -0.4 is 14.8 Å². The normalized spacial score (nSPS) is 22.5. The lowest BCUT2D eigenvalue weighted by molar-refractivity contribution is 0.171. The van der Waals surface area contributed by atoms with Crippen molar-refractivity contribution >= 4 is 0 Å². The van der Waals surface area contributed by atoms with Crippen LogP contribution in [0.25, 0.3) is 0 Å². The molecule has 0 amide bonds. The molecule has 1 fully saturated rings. The molecule has 4 nitrogen and oxygen atoms in total. The lowest BCUT2D eigenvalue weighted by Gasteiger charge is -2.24. The average Bonchev–Trinajstić information content (AvgIpc) is 2.85. The van der Waals surface area contributed by atoms with Gasteiger partial charge in [-0.3, -0.25) is 0 Å². The van der Waals surface area contributed by atoms with Gasteiger partial charge in [0, 0.05) is 18.7 Å². The first kappa shape index (κ1) is 14.2. The van der Waals surface area contributed by atoms with Crippen LogP contribution in [0.4, 0.5) is 0 Å². The van der Waals surface area contributed by atoms with E-state index in [1.807, 2.05) is 19.1 Å². The molecule has 2 rings (SSSR count). The van der Waals surface area contributed by atoms with Gasteiger partial charge in [0.25, 0.3) is 0 Å². The van der Waals surface area contributed by atoms with Crippen LogP contribution in [0.1, 0.15) is 25.8 Å². The summed E-state index contributed by atoms with van der Waals surface area (Å²) in [5.74, 6) is 1.58. The summed E-state index contributed by atoms with van der Waals surface area (Å²) in [6.07, 6.45) is 1.06. The molecule has 1 saturated heterocycles. The quantitative estimate of drug-likeness (QED) is 0.857. The van der Waals surface area contributed by atoms with Crippen LogP contribution in [-0.2, 0) is 11.3 Å². The third-order valence-corrected chi connectivity index (χ3v) is 3.47. The summed E-state index contributed by atoms with van der Waals surface area (Å²) in [6, 6.07) is 6.05. The van der Waals surface area contributed by atoms with E-state index in [2.05, 4.69) is 18.3 Å². The van der Waals surface area contributed by atoms with Crippen molar-refractivity contribution in [3.05, 3.63) is 23.8 Å². The van der Waals surface area contributed by atoms with Crippen molar-refractivity contribution < 1.29 is 14.2 Å². The van der Waals surface area contributed by atoms with Gasteiger partial charge in [-0.15, -0.1) is 0 Å². The fraction of sp³-hybridized carbons (Fsp3) is 0.600. The minimum atomic E-state index is 0.0890. The number of ether oxygens (including phenoxy) is 3. The van der Waals surface area contributed by atoms with Gasteiger partial charge in [0.15, 0.2) is 11.5 Å². The molecule has 0 bridgehead atoms. The van der Waals surface area contributed by atoms with E-state index in [-0.39, 0.29) is 5.54 Å². The minimum absolute atomic E-state index is 0.0890. The first-order valence-corrected chi connectivity index (χ1v) is 6.79. The highest BCUT2D eigenvalue weighted by Gasteiger charge is 2.28. The first-order chi connectivity index (χ1) is 9.17. The Kier molecular flexibility index (Phi) is 4.66. The highest BCUT2D eigenvalue weighted by molar-refractivity contribution is 5.43. The molecule has 1 heterocycles. The lowest BCUT2D eigenvalue weighted by atomic mass is 10.0. The van der Waals surface area contributed by atoms with Crippen LogP contribution in [0.5, 0.6) is 11.5 Å². The van der Waals surface area contributed by atoms with Crippen LogP contribution in [0.3, 0.4) is 0 Å². The molecule has 0 radical (unpaired) electrons. The Bertz CT molecular complexity index is 414. The van der Waals surface area contributed by atoms with Crippen LogP contribution in [0.15, 0.2) is 18.2 Å². The maximum atomic E-state index is 5.59. The van der Waals surface area contributed by atoms with Crippen molar-refractivity contribution in [1.82, 2.24) is 5.32 Å². The number of methoxy groups -OCH3 is 1. The molecule has 4 heteroatoms. The Morgan fingerprint density at radius 1 is 1.37 bits per heavy atom. The molecular formula is C15H23NO3. The molecule has 1 aliphatic heterocycles. The van der Waals surface area contributed by atoms with Gasteiger partial charge in [-0.25, -0.2) is 0 Å². The van der Waals surface area contributed by atoms with Crippen molar-refractivity contribution in [3.8, 4) is 11.5 Å². The van der Waals surface area contributed by atoms with Gasteiger partial charge in [0.05, 0.1) is 20.3 Å². The molecule has 106 valence electrons. The molecule has 19 heavy (non-hydrogen) atoms. The molecular weight excluding hydrogens is 242 g/mol. The minimum Gasteiger partial charge on any atom is -0.493 e. The Hall–Kier alpha value is -1.26. The van der Waals surface area contributed by atoms with Gasteiger partial charge in [0.2, 0.25) is 0 Å². The molecule has 0 saturated carbocycles. The van der Waals surface area contributed by atoms with Gasteiger partial charge in [-0.1, -0.05) is 6.07 Å². The average molecular weight is 265 g/mol. The van der Waals surface area contributed by atoms with Gasteiger partial charge in [0.1, 0.15) is 0 Å². The van der Waals surface area contributed by atoms with E-state index in [0.29, 0.717) is 6.61 Å². The summed E-state index contributed by atoms with van der Waals surface area (Å²) in [4.78, 5) is 0. The zero-order valence-electron chi connectivity index (χ0n) is 12.0. The summed E-state index contributed by atoms with van der Waals surface area (Å²) in [7, 11) is 1.66. The summed E-state index contributed by atoms with van der Waals surface area (Å²) in [5.41, 5.74) is 1.28. The van der Waals surface area contributed by atoms with Crippen molar-refractivity contribution in [2.75, 3.05) is 26.9 Å². The Balaban J connectivity index is 2.01. The second-order valence-corrected chi connectivity index (χ2v) is 5.14. The monoisotopic (exact) mass is 265 g/mol. The maximum absolute atomic E-state index is 5.59. The molecule has 0 spiro atoms. The zero-order valence-corrected chi connectivity index (χ0v) is 12.0. The lowest BCUT2D eigenvalue weighted by Crippen LogP contribution is -2.42. The Morgan fingerprint density at radius 2 is 2.21 bits per heavy atom. The zero-order chi connectivity index (χ0) is 13.7. The van der Waals surface area contributed by atoms with Crippen LogP contribution in [-0.4, -0.2) is 32.5 Å². The van der Waals surface area contributed by atoms with E-state index in [1.54, 1.807) is 7.11 Å². The smallest absolute Gasteiger partial charge is 0.161 e. The summed E-state index contributed by atoms with van der Waals surface area (Å²) in [5, 5.41) is 3.56. The van der Waals surface area contributed by atoms with Crippen molar-refractivity contribution in [3.63, 3.8) is 0 Å². The highest BCUT2D eigenvalue weighted by Crippen LogP contribution is 2.28. The van der Waals surface area contributed by atoms with E-state index in [9.17, 15) is 0 Å². The number of hydrogen-bond donors (Lipinski definition) is 1. The second-order valence-electron chi connectivity index (χ2n) is 5.14. The van der Waals surface area contributed by atoms with E-state index in [4.69, 9.17) is 14.2 Å². The van der Waals surface area contributed by atoms with Gasteiger partial charge in [-0.2, -0.15) is 0 Å². The summed E-state index contributed by atoms with van der Waals surface area (Å²) >= 11 is 0. The Morgan fingerprint density at radius 3 is 2.84 bits per heavy atom.